The second kappa shape index (κ2) is 15.1. The van der Waals surface area contributed by atoms with E-state index in [0.29, 0.717) is 0 Å². The van der Waals surface area contributed by atoms with Gasteiger partial charge in [0.1, 0.15) is 0 Å². The minimum Gasteiger partial charge on any atom is -0.310 e. The largest absolute Gasteiger partial charge is 0.310 e. The third kappa shape index (κ3) is 6.24. The Morgan fingerprint density at radius 2 is 0.492 bits per heavy atom. The van der Waals surface area contributed by atoms with Crippen LogP contribution < -0.4 is 4.90 Å². The van der Waals surface area contributed by atoms with Gasteiger partial charge in [0.2, 0.25) is 0 Å². The van der Waals surface area contributed by atoms with Crippen LogP contribution in [0.5, 0.6) is 0 Å². The third-order valence-corrected chi connectivity index (χ3v) is 13.6. The molecule has 0 bridgehead atoms. The van der Waals surface area contributed by atoms with E-state index in [1.165, 1.54) is 109 Å². The fourth-order valence-corrected chi connectivity index (χ4v) is 10.4. The molecule has 65 heavy (non-hydrogen) atoms. The fraction of sp³-hybridized carbons (Fsp3) is 0. The second-order valence-electron chi connectivity index (χ2n) is 17.2. The Bertz CT molecular complexity index is 3740. The molecule has 0 aliphatic carbocycles. The zero-order valence-electron chi connectivity index (χ0n) is 35.6. The quantitative estimate of drug-likeness (QED) is 0.145. The summed E-state index contributed by atoms with van der Waals surface area (Å²) >= 11 is 0. The predicted octanol–water partition coefficient (Wildman–Crippen LogP) is 18.2. The van der Waals surface area contributed by atoms with Crippen molar-refractivity contribution in [3.63, 3.8) is 0 Å². The van der Waals surface area contributed by atoms with Gasteiger partial charge in [-0.2, -0.15) is 0 Å². The van der Waals surface area contributed by atoms with Crippen LogP contribution in [-0.4, -0.2) is 0 Å². The Labute approximate surface area is 378 Å². The first-order valence-corrected chi connectivity index (χ1v) is 22.5. The molecule has 0 N–H and O–H groups in total. The van der Waals surface area contributed by atoms with Crippen LogP contribution in [0.25, 0.3) is 109 Å². The molecule has 0 atom stereocenters. The van der Waals surface area contributed by atoms with Gasteiger partial charge in [-0.3, -0.25) is 0 Å². The van der Waals surface area contributed by atoms with Gasteiger partial charge in [0, 0.05) is 17.1 Å². The first kappa shape index (κ1) is 37.1. The summed E-state index contributed by atoms with van der Waals surface area (Å²) in [6.07, 6.45) is 0. The van der Waals surface area contributed by atoms with Gasteiger partial charge < -0.3 is 4.90 Å². The van der Waals surface area contributed by atoms with Gasteiger partial charge in [-0.25, -0.2) is 0 Å². The molecule has 0 heterocycles. The molecule has 0 unspecified atom stereocenters. The van der Waals surface area contributed by atoms with Gasteiger partial charge in [-0.1, -0.05) is 212 Å². The molecule has 0 aliphatic rings. The van der Waals surface area contributed by atoms with Crippen LogP contribution in [0.3, 0.4) is 0 Å². The van der Waals surface area contributed by atoms with Crippen molar-refractivity contribution in [3.05, 3.63) is 249 Å². The summed E-state index contributed by atoms with van der Waals surface area (Å²) in [5.74, 6) is 0. The van der Waals surface area contributed by atoms with Crippen molar-refractivity contribution in [2.24, 2.45) is 0 Å². The number of fused-ring (bicyclic) bond motifs is 2. The van der Waals surface area contributed by atoms with Gasteiger partial charge in [0.15, 0.2) is 0 Å². The average molecular weight is 824 g/mol. The van der Waals surface area contributed by atoms with Crippen molar-refractivity contribution in [2.75, 3.05) is 4.90 Å². The van der Waals surface area contributed by atoms with Crippen molar-refractivity contribution in [1.29, 1.82) is 0 Å². The summed E-state index contributed by atoms with van der Waals surface area (Å²) in [5.41, 5.74) is 12.9. The highest BCUT2D eigenvalue weighted by atomic mass is 15.1. The summed E-state index contributed by atoms with van der Waals surface area (Å²) in [6.45, 7) is 0. The highest BCUT2D eigenvalue weighted by molar-refractivity contribution is 6.37. The van der Waals surface area contributed by atoms with Crippen LogP contribution >= 0.6 is 0 Å². The summed E-state index contributed by atoms with van der Waals surface area (Å²) in [5, 5.41) is 15.3. The van der Waals surface area contributed by atoms with Crippen LogP contribution in [-0.2, 0) is 0 Å². The molecule has 0 amide bonds. The molecule has 13 aromatic carbocycles. The molecular weight excluding hydrogens is 783 g/mol. The second-order valence-corrected chi connectivity index (χ2v) is 17.2. The van der Waals surface area contributed by atoms with Crippen LogP contribution in [0.1, 0.15) is 0 Å². The van der Waals surface area contributed by atoms with E-state index < -0.39 is 0 Å². The molecule has 0 saturated heterocycles. The Kier molecular flexibility index (Phi) is 8.60. The highest BCUT2D eigenvalue weighted by Crippen LogP contribution is 2.46. The maximum absolute atomic E-state index is 2.45. The van der Waals surface area contributed by atoms with E-state index in [9.17, 15) is 0 Å². The molecule has 1 nitrogen and oxygen atoms in total. The molecular formula is C64H41N. The van der Waals surface area contributed by atoms with E-state index in [2.05, 4.69) is 254 Å². The highest BCUT2D eigenvalue weighted by Gasteiger charge is 2.20. The number of hydrogen-bond acceptors (Lipinski definition) is 1. The lowest BCUT2D eigenvalue weighted by molar-refractivity contribution is 1.29. The SMILES string of the molecule is c1ccc(-c2ccc(-c3ccc(N(c4ccc(-c5ccc(-c6ccccc6)cc5)cc4)c4cc5ccc6cccc7c8cccc9ccc%10cccc(c(c4)c5c67)c%10c98)cc3)cc2)cc1. The standard InChI is InChI=1S/C64H41N/c1-3-10-42(11-4-1)44-20-24-46(25-21-44)48-32-36-54(37-33-48)65(55-38-34-49(35-39-55)47-26-22-45(23-27-47)43-12-5-2-6-13-43)56-40-53-31-30-52-15-8-18-58-57-17-7-14-50-28-29-51-16-9-19-59(63(51)61(50)57)60(41-56)64(53)62(52)58/h1-41H. The Morgan fingerprint density at radius 1 is 0.185 bits per heavy atom. The first-order valence-electron chi connectivity index (χ1n) is 22.5. The normalized spacial score (nSPS) is 11.7. The monoisotopic (exact) mass is 823 g/mol. The lowest BCUT2D eigenvalue weighted by Gasteiger charge is -2.27. The van der Waals surface area contributed by atoms with Gasteiger partial charge >= 0.3 is 0 Å². The third-order valence-electron chi connectivity index (χ3n) is 13.6. The summed E-state index contributed by atoms with van der Waals surface area (Å²) in [7, 11) is 0. The number of rotatable bonds is 7. The van der Waals surface area contributed by atoms with Crippen molar-refractivity contribution >= 4 is 81.7 Å². The van der Waals surface area contributed by atoms with Crippen LogP contribution in [0.2, 0.25) is 0 Å². The van der Waals surface area contributed by atoms with Gasteiger partial charge in [-0.05, 0) is 146 Å². The van der Waals surface area contributed by atoms with Gasteiger partial charge in [0.25, 0.3) is 0 Å². The topological polar surface area (TPSA) is 3.24 Å². The van der Waals surface area contributed by atoms with Crippen molar-refractivity contribution in [1.82, 2.24) is 0 Å². The molecule has 13 rings (SSSR count). The van der Waals surface area contributed by atoms with E-state index in [1.54, 1.807) is 0 Å². The molecule has 0 spiro atoms. The van der Waals surface area contributed by atoms with Crippen molar-refractivity contribution in [2.45, 2.75) is 0 Å². The lowest BCUT2D eigenvalue weighted by atomic mass is 9.87. The molecule has 0 aromatic heterocycles. The zero-order chi connectivity index (χ0) is 42.8. The fourth-order valence-electron chi connectivity index (χ4n) is 10.4. The minimum atomic E-state index is 1.10. The van der Waals surface area contributed by atoms with Gasteiger partial charge in [0.05, 0.1) is 0 Å². The number of hydrogen-bond donors (Lipinski definition) is 0. The summed E-state index contributed by atoms with van der Waals surface area (Å²) in [4.78, 5) is 2.43. The molecule has 302 valence electrons. The van der Waals surface area contributed by atoms with E-state index >= 15 is 0 Å². The molecule has 0 radical (unpaired) electrons. The minimum absolute atomic E-state index is 1.10. The van der Waals surface area contributed by atoms with Crippen LogP contribution in [0.15, 0.2) is 249 Å². The maximum Gasteiger partial charge on any atom is 0.0474 e. The van der Waals surface area contributed by atoms with Crippen molar-refractivity contribution in [3.8, 4) is 44.5 Å². The number of benzene rings is 12. The number of anilines is 3. The van der Waals surface area contributed by atoms with E-state index in [-0.39, 0.29) is 0 Å². The van der Waals surface area contributed by atoms with Crippen LogP contribution in [0.4, 0.5) is 17.1 Å². The smallest absolute Gasteiger partial charge is 0.0474 e. The van der Waals surface area contributed by atoms with Crippen LogP contribution in [0, 0.1) is 0 Å². The first-order chi connectivity index (χ1) is 32.2. The zero-order valence-corrected chi connectivity index (χ0v) is 35.6. The molecule has 0 aliphatic heterocycles. The Balaban J connectivity index is 1.00. The number of nitrogens with zero attached hydrogens (tertiary/aromatic N) is 1. The lowest BCUT2D eigenvalue weighted by Crippen LogP contribution is -2.10. The summed E-state index contributed by atoms with van der Waals surface area (Å²) in [6, 6.07) is 91.7. The van der Waals surface area contributed by atoms with E-state index in [0.717, 1.165) is 17.1 Å². The Morgan fingerprint density at radius 3 is 0.877 bits per heavy atom. The summed E-state index contributed by atoms with van der Waals surface area (Å²) < 4.78 is 0. The molecule has 1 heteroatoms. The van der Waals surface area contributed by atoms with E-state index in [4.69, 9.17) is 0 Å². The molecule has 0 fully saturated rings. The van der Waals surface area contributed by atoms with E-state index in [1.807, 2.05) is 0 Å². The molecule has 0 saturated carbocycles. The maximum atomic E-state index is 2.45. The molecule has 13 aromatic rings. The predicted molar refractivity (Wildman–Crippen MR) is 279 cm³/mol. The van der Waals surface area contributed by atoms with Crippen molar-refractivity contribution < 1.29 is 0 Å². The average Bonchev–Trinajstić information content (AvgIpc) is 3.38. The van der Waals surface area contributed by atoms with Gasteiger partial charge in [-0.15, -0.1) is 0 Å². The Hall–Kier alpha value is -8.52.